The van der Waals surface area contributed by atoms with Gasteiger partial charge in [0.25, 0.3) is 0 Å². The highest BCUT2D eigenvalue weighted by Crippen LogP contribution is 2.23. The van der Waals surface area contributed by atoms with E-state index in [2.05, 4.69) is 88.0 Å². The lowest BCUT2D eigenvalue weighted by atomic mass is 9.89. The van der Waals surface area contributed by atoms with Gasteiger partial charge in [-0.15, -0.1) is 0 Å². The van der Waals surface area contributed by atoms with Crippen LogP contribution < -0.4 is 0 Å². The lowest BCUT2D eigenvalue weighted by Crippen LogP contribution is -2.38. The lowest BCUT2D eigenvalue weighted by Gasteiger charge is -2.30. The molecule has 0 aromatic rings. The van der Waals surface area contributed by atoms with Crippen molar-refractivity contribution in [3.63, 3.8) is 0 Å². The molecule has 2 unspecified atom stereocenters. The van der Waals surface area contributed by atoms with Gasteiger partial charge in [0.2, 0.25) is 0 Å². The normalized spacial score (nSPS) is 13.7. The Morgan fingerprint density at radius 1 is 0.404 bits per heavy atom. The Labute approximate surface area is 354 Å². The van der Waals surface area contributed by atoms with Crippen molar-refractivity contribution in [1.29, 1.82) is 0 Å². The Kier molecular flexibility index (Phi) is 34.2. The zero-order chi connectivity index (χ0) is 43.0. The quantitative estimate of drug-likeness (QED) is 0.0349. The highest BCUT2D eigenvalue weighted by Gasteiger charge is 2.20. The maximum absolute atomic E-state index is 13.0. The van der Waals surface area contributed by atoms with Crippen LogP contribution in [0.15, 0.2) is 0 Å². The number of rotatable bonds is 38. The SMILES string of the molecule is CC(C)CCC(COC(=O)CCCCCCCCCC(CCCCCCCCCC(=O)OCC(CCC(C)C)C(C)C)OC(=O)CCN(C(C)C)C(C)C)C(C)C. The summed E-state index contributed by atoms with van der Waals surface area (Å²) >= 11 is 0. The summed E-state index contributed by atoms with van der Waals surface area (Å²) < 4.78 is 17.4. The van der Waals surface area contributed by atoms with Gasteiger partial charge < -0.3 is 14.2 Å². The zero-order valence-corrected chi connectivity index (χ0v) is 40.0. The molecule has 2 atom stereocenters. The van der Waals surface area contributed by atoms with E-state index >= 15 is 0 Å². The zero-order valence-electron chi connectivity index (χ0n) is 40.0. The fraction of sp³-hybridized carbons (Fsp3) is 0.940. The topological polar surface area (TPSA) is 82.1 Å². The summed E-state index contributed by atoms with van der Waals surface area (Å²) in [6.07, 6.45) is 23.5. The van der Waals surface area contributed by atoms with Gasteiger partial charge in [0.15, 0.2) is 0 Å². The number of hydrogen-bond donors (Lipinski definition) is 0. The molecular weight excluding hydrogens is 711 g/mol. The molecule has 0 aromatic carbocycles. The van der Waals surface area contributed by atoms with Gasteiger partial charge >= 0.3 is 17.9 Å². The molecule has 338 valence electrons. The second-order valence-corrected chi connectivity index (χ2v) is 19.6. The van der Waals surface area contributed by atoms with Crippen LogP contribution in [0.25, 0.3) is 0 Å². The Balaban J connectivity index is 4.45. The van der Waals surface area contributed by atoms with Crippen molar-refractivity contribution in [3.05, 3.63) is 0 Å². The smallest absolute Gasteiger partial charge is 0.307 e. The summed E-state index contributed by atoms with van der Waals surface area (Å²) in [5, 5.41) is 0. The van der Waals surface area contributed by atoms with Gasteiger partial charge in [-0.05, 0) is 115 Å². The molecule has 0 amide bonds. The number of carbonyl (C=O) groups is 3. The average molecular weight is 808 g/mol. The molecule has 7 nitrogen and oxygen atoms in total. The van der Waals surface area contributed by atoms with Crippen molar-refractivity contribution in [2.45, 2.75) is 249 Å². The number of nitrogens with zero attached hydrogens (tertiary/aromatic N) is 1. The summed E-state index contributed by atoms with van der Waals surface area (Å²) in [5.41, 5.74) is 0. The van der Waals surface area contributed by atoms with Crippen LogP contribution in [-0.4, -0.2) is 60.8 Å². The first-order valence-corrected chi connectivity index (χ1v) is 24.3. The summed E-state index contributed by atoms with van der Waals surface area (Å²) in [6, 6.07) is 0.806. The summed E-state index contributed by atoms with van der Waals surface area (Å²) in [7, 11) is 0. The number of esters is 3. The molecule has 0 aliphatic heterocycles. The van der Waals surface area contributed by atoms with Crippen molar-refractivity contribution in [2.24, 2.45) is 35.5 Å². The Bertz CT molecular complexity index is 910. The van der Waals surface area contributed by atoms with Crippen LogP contribution in [0, 0.1) is 35.5 Å². The van der Waals surface area contributed by atoms with Gasteiger partial charge in [0.1, 0.15) is 6.10 Å². The summed E-state index contributed by atoms with van der Waals surface area (Å²) in [5.74, 6) is 3.21. The minimum absolute atomic E-state index is 0.00223. The van der Waals surface area contributed by atoms with Crippen LogP contribution in [0.1, 0.15) is 231 Å². The molecule has 0 aliphatic carbocycles. The van der Waals surface area contributed by atoms with Crippen molar-refractivity contribution < 1.29 is 28.6 Å². The molecule has 0 radical (unpaired) electrons. The highest BCUT2D eigenvalue weighted by molar-refractivity contribution is 5.70. The number of unbranched alkanes of at least 4 members (excludes halogenated alkanes) is 12. The molecule has 0 aliphatic rings. The molecular formula is C50H97NO6. The van der Waals surface area contributed by atoms with Crippen molar-refractivity contribution in [2.75, 3.05) is 19.8 Å². The van der Waals surface area contributed by atoms with Crippen LogP contribution in [0.2, 0.25) is 0 Å². The third-order valence-electron chi connectivity index (χ3n) is 12.0. The molecule has 0 bridgehead atoms. The van der Waals surface area contributed by atoms with E-state index in [0.717, 1.165) is 96.4 Å². The number of ether oxygens (including phenoxy) is 3. The standard InChI is InChI=1S/C50H97NO6/c1-39(2)31-33-45(41(5)6)37-55-48(52)29-25-21-17-13-15-19-23-27-47(57-50(54)35-36-51(43(9)10)44(11)12)28-24-20-16-14-18-22-26-30-49(53)56-38-46(42(7)8)34-32-40(3)4/h39-47H,13-38H2,1-12H3. The molecule has 0 aromatic heterocycles. The van der Waals surface area contributed by atoms with E-state index < -0.39 is 0 Å². The first-order chi connectivity index (χ1) is 27.0. The van der Waals surface area contributed by atoms with Crippen LogP contribution in [0.5, 0.6) is 0 Å². The lowest BCUT2D eigenvalue weighted by molar-refractivity contribution is -0.150. The van der Waals surface area contributed by atoms with Gasteiger partial charge in [0.05, 0.1) is 19.6 Å². The van der Waals surface area contributed by atoms with E-state index in [1.54, 1.807) is 0 Å². The predicted octanol–water partition coefficient (Wildman–Crippen LogP) is 13.9. The predicted molar refractivity (Wildman–Crippen MR) is 241 cm³/mol. The monoisotopic (exact) mass is 808 g/mol. The van der Waals surface area contributed by atoms with E-state index in [4.69, 9.17) is 14.2 Å². The summed E-state index contributed by atoms with van der Waals surface area (Å²) in [4.78, 5) is 40.0. The van der Waals surface area contributed by atoms with Crippen LogP contribution in [0.3, 0.4) is 0 Å². The van der Waals surface area contributed by atoms with Gasteiger partial charge in [0, 0.05) is 31.5 Å². The molecule has 0 N–H and O–H groups in total. The average Bonchev–Trinajstić information content (AvgIpc) is 3.12. The second kappa shape index (κ2) is 35.2. The van der Waals surface area contributed by atoms with Crippen LogP contribution >= 0.6 is 0 Å². The second-order valence-electron chi connectivity index (χ2n) is 19.6. The Morgan fingerprint density at radius 2 is 0.754 bits per heavy atom. The minimum Gasteiger partial charge on any atom is -0.465 e. The van der Waals surface area contributed by atoms with Crippen molar-refractivity contribution >= 4 is 17.9 Å². The minimum atomic E-state index is -0.0612. The van der Waals surface area contributed by atoms with Crippen LogP contribution in [-0.2, 0) is 28.6 Å². The third kappa shape index (κ3) is 32.9. The maximum atomic E-state index is 13.0. The van der Waals surface area contributed by atoms with Crippen molar-refractivity contribution in [3.8, 4) is 0 Å². The molecule has 0 saturated carbocycles. The Hall–Kier alpha value is -1.63. The molecule has 0 heterocycles. The fourth-order valence-corrected chi connectivity index (χ4v) is 7.75. The maximum Gasteiger partial charge on any atom is 0.307 e. The van der Waals surface area contributed by atoms with Crippen molar-refractivity contribution in [1.82, 2.24) is 4.90 Å². The third-order valence-corrected chi connectivity index (χ3v) is 12.0. The van der Waals surface area contributed by atoms with Gasteiger partial charge in [-0.25, -0.2) is 0 Å². The van der Waals surface area contributed by atoms with E-state index in [9.17, 15) is 14.4 Å². The molecule has 7 heteroatoms. The Morgan fingerprint density at radius 3 is 1.09 bits per heavy atom. The van der Waals surface area contributed by atoms with E-state index in [-0.39, 0.29) is 24.0 Å². The van der Waals surface area contributed by atoms with Gasteiger partial charge in [-0.2, -0.15) is 0 Å². The number of carbonyl (C=O) groups excluding carboxylic acids is 3. The largest absolute Gasteiger partial charge is 0.465 e. The first kappa shape index (κ1) is 55.4. The molecule has 0 spiro atoms. The molecule has 57 heavy (non-hydrogen) atoms. The highest BCUT2D eigenvalue weighted by atomic mass is 16.5. The van der Waals surface area contributed by atoms with E-state index in [1.807, 2.05) is 0 Å². The first-order valence-electron chi connectivity index (χ1n) is 24.3. The summed E-state index contributed by atoms with van der Waals surface area (Å²) in [6.45, 7) is 28.5. The molecule has 0 rings (SSSR count). The van der Waals surface area contributed by atoms with E-state index in [0.29, 0.717) is 80.1 Å². The van der Waals surface area contributed by atoms with E-state index in [1.165, 1.54) is 38.5 Å². The molecule has 0 saturated heterocycles. The van der Waals surface area contributed by atoms with Gasteiger partial charge in [-0.3, -0.25) is 19.3 Å². The van der Waals surface area contributed by atoms with Gasteiger partial charge in [-0.1, -0.05) is 132 Å². The number of hydrogen-bond acceptors (Lipinski definition) is 7. The molecule has 0 fully saturated rings. The fourth-order valence-electron chi connectivity index (χ4n) is 7.75. The van der Waals surface area contributed by atoms with Crippen LogP contribution in [0.4, 0.5) is 0 Å².